The summed E-state index contributed by atoms with van der Waals surface area (Å²) in [5, 5.41) is 2.85. The normalized spacial score (nSPS) is 12.2. The number of halogens is 1. The van der Waals surface area contributed by atoms with Gasteiger partial charge in [-0.3, -0.25) is 13.9 Å². The van der Waals surface area contributed by atoms with Crippen LogP contribution in [0.15, 0.2) is 53.0 Å². The van der Waals surface area contributed by atoms with E-state index in [1.807, 2.05) is 38.1 Å². The number of sulfonamides is 1. The van der Waals surface area contributed by atoms with Crippen molar-refractivity contribution >= 4 is 43.5 Å². The van der Waals surface area contributed by atoms with Gasteiger partial charge >= 0.3 is 0 Å². The number of nitrogens with one attached hydrogen (secondary N) is 1. The van der Waals surface area contributed by atoms with E-state index in [4.69, 9.17) is 4.74 Å². The van der Waals surface area contributed by atoms with E-state index in [2.05, 4.69) is 21.2 Å². The highest BCUT2D eigenvalue weighted by Gasteiger charge is 2.30. The SMILES string of the molecule is COc1ccc(N(CC(=O)N(Cc2ccc(Br)cc2)C(C)C(=O)NCC(C)C)S(C)(=O)=O)cc1. The van der Waals surface area contributed by atoms with E-state index < -0.39 is 28.5 Å². The van der Waals surface area contributed by atoms with Crippen LogP contribution in [0.1, 0.15) is 26.3 Å². The minimum Gasteiger partial charge on any atom is -0.497 e. The van der Waals surface area contributed by atoms with E-state index in [0.717, 1.165) is 20.6 Å². The van der Waals surface area contributed by atoms with Crippen molar-refractivity contribution in [1.29, 1.82) is 0 Å². The van der Waals surface area contributed by atoms with Crippen LogP contribution >= 0.6 is 15.9 Å². The molecule has 8 nitrogen and oxygen atoms in total. The monoisotopic (exact) mass is 553 g/mol. The first kappa shape index (κ1) is 27.7. The third kappa shape index (κ3) is 8.02. The summed E-state index contributed by atoms with van der Waals surface area (Å²) >= 11 is 3.39. The Morgan fingerprint density at radius 3 is 2.12 bits per heavy atom. The molecule has 2 rings (SSSR count). The van der Waals surface area contributed by atoms with Gasteiger partial charge < -0.3 is 15.0 Å². The van der Waals surface area contributed by atoms with Crippen LogP contribution in [0.4, 0.5) is 5.69 Å². The largest absolute Gasteiger partial charge is 0.497 e. The highest BCUT2D eigenvalue weighted by atomic mass is 79.9. The standard InChI is InChI=1S/C24H32BrN3O5S/c1-17(2)14-26-24(30)18(3)27(15-19-6-8-20(25)9-7-19)23(29)16-28(34(5,31)32)21-10-12-22(33-4)13-11-21/h6-13,17-18H,14-16H2,1-5H3,(H,26,30). The van der Waals surface area contributed by atoms with Crippen molar-refractivity contribution in [2.24, 2.45) is 5.92 Å². The maximum Gasteiger partial charge on any atom is 0.244 e. The van der Waals surface area contributed by atoms with E-state index in [1.165, 1.54) is 12.0 Å². The Bertz CT molecular complexity index is 1070. The number of carbonyl (C=O) groups is 2. The Kier molecular flexibility index (Phi) is 9.93. The Labute approximate surface area is 210 Å². The first-order chi connectivity index (χ1) is 15.9. The van der Waals surface area contributed by atoms with E-state index in [0.29, 0.717) is 18.0 Å². The van der Waals surface area contributed by atoms with Gasteiger partial charge in [-0.1, -0.05) is 41.9 Å². The van der Waals surface area contributed by atoms with Gasteiger partial charge in [-0.25, -0.2) is 8.42 Å². The van der Waals surface area contributed by atoms with Crippen LogP contribution in [0.3, 0.4) is 0 Å². The van der Waals surface area contributed by atoms with Gasteiger partial charge in [0.25, 0.3) is 0 Å². The van der Waals surface area contributed by atoms with Crippen LogP contribution in [0.25, 0.3) is 0 Å². The molecule has 0 aliphatic rings. The number of hydrogen-bond acceptors (Lipinski definition) is 5. The van der Waals surface area contributed by atoms with Crippen LogP contribution in [0.5, 0.6) is 5.75 Å². The molecule has 0 heterocycles. The fourth-order valence-electron chi connectivity index (χ4n) is 3.18. The number of anilines is 1. The Hall–Kier alpha value is -2.59. The number of amides is 2. The molecular weight excluding hydrogens is 522 g/mol. The quantitative estimate of drug-likeness (QED) is 0.460. The van der Waals surface area contributed by atoms with Crippen LogP contribution in [0.2, 0.25) is 0 Å². The lowest BCUT2D eigenvalue weighted by molar-refractivity contribution is -0.139. The second-order valence-corrected chi connectivity index (χ2v) is 11.3. The molecule has 0 radical (unpaired) electrons. The summed E-state index contributed by atoms with van der Waals surface area (Å²) in [5.74, 6) is 0.0317. The predicted molar refractivity (Wildman–Crippen MR) is 137 cm³/mol. The molecule has 0 aliphatic heterocycles. The molecule has 1 N–H and O–H groups in total. The lowest BCUT2D eigenvalue weighted by Gasteiger charge is -2.31. The Morgan fingerprint density at radius 1 is 1.03 bits per heavy atom. The molecule has 186 valence electrons. The zero-order valence-corrected chi connectivity index (χ0v) is 22.5. The van der Waals surface area contributed by atoms with Gasteiger partial charge in [0.2, 0.25) is 21.8 Å². The molecule has 0 aliphatic carbocycles. The van der Waals surface area contributed by atoms with Gasteiger partial charge in [0.1, 0.15) is 18.3 Å². The van der Waals surface area contributed by atoms with Crippen molar-refractivity contribution in [3.63, 3.8) is 0 Å². The number of ether oxygens (including phenoxy) is 1. The molecule has 1 unspecified atom stereocenters. The van der Waals surface area contributed by atoms with Crippen LogP contribution < -0.4 is 14.4 Å². The lowest BCUT2D eigenvalue weighted by Crippen LogP contribution is -2.51. The van der Waals surface area contributed by atoms with Crippen molar-refractivity contribution in [2.45, 2.75) is 33.4 Å². The molecule has 0 saturated heterocycles. The van der Waals surface area contributed by atoms with Crippen LogP contribution in [-0.2, 0) is 26.2 Å². The maximum absolute atomic E-state index is 13.5. The van der Waals surface area contributed by atoms with E-state index in [9.17, 15) is 18.0 Å². The summed E-state index contributed by atoms with van der Waals surface area (Å²) in [6.45, 7) is 5.80. The van der Waals surface area contributed by atoms with Gasteiger partial charge in [0, 0.05) is 17.6 Å². The third-order valence-corrected chi connectivity index (χ3v) is 6.83. The number of hydrogen-bond donors (Lipinski definition) is 1. The fourth-order valence-corrected chi connectivity index (χ4v) is 4.30. The zero-order chi connectivity index (χ0) is 25.5. The van der Waals surface area contributed by atoms with E-state index in [-0.39, 0.29) is 18.4 Å². The minimum atomic E-state index is -3.77. The fraction of sp³-hybridized carbons (Fsp3) is 0.417. The first-order valence-corrected chi connectivity index (χ1v) is 13.5. The molecule has 2 aromatic rings. The maximum atomic E-state index is 13.5. The Morgan fingerprint density at radius 2 is 1.62 bits per heavy atom. The highest BCUT2D eigenvalue weighted by Crippen LogP contribution is 2.22. The lowest BCUT2D eigenvalue weighted by atomic mass is 10.1. The van der Waals surface area contributed by atoms with E-state index in [1.54, 1.807) is 31.2 Å². The summed E-state index contributed by atoms with van der Waals surface area (Å²) in [4.78, 5) is 27.7. The predicted octanol–water partition coefficient (Wildman–Crippen LogP) is 3.41. The molecule has 0 bridgehead atoms. The first-order valence-electron chi connectivity index (χ1n) is 10.9. The van der Waals surface area contributed by atoms with Crippen molar-refractivity contribution in [3.05, 3.63) is 58.6 Å². The minimum absolute atomic E-state index is 0.155. The number of carbonyl (C=O) groups excluding carboxylic acids is 2. The number of nitrogens with zero attached hydrogens (tertiary/aromatic N) is 2. The smallest absolute Gasteiger partial charge is 0.244 e. The van der Waals surface area contributed by atoms with Crippen LogP contribution in [0, 0.1) is 5.92 Å². The van der Waals surface area contributed by atoms with E-state index >= 15 is 0 Å². The number of benzene rings is 2. The molecule has 0 fully saturated rings. The van der Waals surface area contributed by atoms with Crippen molar-refractivity contribution in [2.75, 3.05) is 30.8 Å². The summed E-state index contributed by atoms with van der Waals surface area (Å²) < 4.78 is 32.2. The average molecular weight is 555 g/mol. The third-order valence-electron chi connectivity index (χ3n) is 5.16. The van der Waals surface area contributed by atoms with Crippen LogP contribution in [-0.4, -0.2) is 57.6 Å². The number of methoxy groups -OCH3 is 1. The second kappa shape index (κ2) is 12.2. The van der Waals surface area contributed by atoms with Gasteiger partial charge in [0.15, 0.2) is 0 Å². The highest BCUT2D eigenvalue weighted by molar-refractivity contribution is 9.10. The average Bonchev–Trinajstić information content (AvgIpc) is 2.79. The summed E-state index contributed by atoms with van der Waals surface area (Å²) in [5.41, 5.74) is 1.15. The van der Waals surface area contributed by atoms with Gasteiger partial charge in [-0.2, -0.15) is 0 Å². The molecular formula is C24H32BrN3O5S. The van der Waals surface area contributed by atoms with Gasteiger partial charge in [-0.05, 0) is 54.8 Å². The summed E-state index contributed by atoms with van der Waals surface area (Å²) in [7, 11) is -2.26. The molecule has 2 amide bonds. The topological polar surface area (TPSA) is 96.0 Å². The molecule has 0 saturated carbocycles. The summed E-state index contributed by atoms with van der Waals surface area (Å²) in [6, 6.07) is 13.0. The molecule has 1 atom stereocenters. The molecule has 34 heavy (non-hydrogen) atoms. The van der Waals surface area contributed by atoms with Gasteiger partial charge in [-0.15, -0.1) is 0 Å². The zero-order valence-electron chi connectivity index (χ0n) is 20.1. The van der Waals surface area contributed by atoms with Gasteiger partial charge in [0.05, 0.1) is 19.1 Å². The molecule has 0 spiro atoms. The summed E-state index contributed by atoms with van der Waals surface area (Å²) in [6.07, 6.45) is 1.04. The number of rotatable bonds is 11. The van der Waals surface area contributed by atoms with Crippen molar-refractivity contribution in [1.82, 2.24) is 10.2 Å². The second-order valence-electron chi connectivity index (χ2n) is 8.43. The Balaban J connectivity index is 2.34. The van der Waals surface area contributed by atoms with Crippen molar-refractivity contribution in [3.8, 4) is 5.75 Å². The molecule has 2 aromatic carbocycles. The van der Waals surface area contributed by atoms with Crippen molar-refractivity contribution < 1.29 is 22.7 Å². The molecule has 10 heteroatoms. The molecule has 0 aromatic heterocycles.